The van der Waals surface area contributed by atoms with E-state index in [0.29, 0.717) is 18.9 Å². The Kier molecular flexibility index (Phi) is 21.2. The zero-order chi connectivity index (χ0) is 24.5. The Balaban J connectivity index is 2.22. The van der Waals surface area contributed by atoms with Gasteiger partial charge in [-0.05, 0) is 37.2 Å². The molecule has 0 aliphatic carbocycles. The average molecular weight is 473 g/mol. The first-order valence-electron chi connectivity index (χ1n) is 15.0. The zero-order valence-electron chi connectivity index (χ0n) is 22.8. The minimum absolute atomic E-state index is 0.00669. The van der Waals surface area contributed by atoms with Crippen LogP contribution in [0.5, 0.6) is 0 Å². The summed E-state index contributed by atoms with van der Waals surface area (Å²) in [6.07, 6.45) is 26.6. The van der Waals surface area contributed by atoms with Crippen LogP contribution in [-0.2, 0) is 16.0 Å². The van der Waals surface area contributed by atoms with Gasteiger partial charge in [-0.1, -0.05) is 147 Å². The summed E-state index contributed by atoms with van der Waals surface area (Å²) in [5, 5.41) is 0. The summed E-state index contributed by atoms with van der Waals surface area (Å²) in [4.78, 5) is 12.3. The van der Waals surface area contributed by atoms with E-state index in [1.54, 1.807) is 0 Å². The third-order valence-corrected chi connectivity index (χ3v) is 7.10. The maximum atomic E-state index is 12.3. The van der Waals surface area contributed by atoms with Crippen molar-refractivity contribution in [1.29, 1.82) is 0 Å². The van der Waals surface area contributed by atoms with E-state index in [1.165, 1.54) is 121 Å². The molecule has 34 heavy (non-hydrogen) atoms. The van der Waals surface area contributed by atoms with Crippen LogP contribution in [0.3, 0.4) is 0 Å². The summed E-state index contributed by atoms with van der Waals surface area (Å²) >= 11 is 0. The first-order chi connectivity index (χ1) is 16.8. The quantitative estimate of drug-likeness (QED) is 0.110. The van der Waals surface area contributed by atoms with Gasteiger partial charge in [-0.25, -0.2) is 0 Å². The number of aryl methyl sites for hydroxylation is 1. The number of benzene rings is 1. The van der Waals surface area contributed by atoms with Gasteiger partial charge in [0.05, 0.1) is 6.61 Å². The lowest BCUT2D eigenvalue weighted by Crippen LogP contribution is -2.14. The molecule has 2 heteroatoms. The van der Waals surface area contributed by atoms with Crippen molar-refractivity contribution in [1.82, 2.24) is 0 Å². The van der Waals surface area contributed by atoms with Crippen molar-refractivity contribution in [3.05, 3.63) is 35.9 Å². The lowest BCUT2D eigenvalue weighted by Gasteiger charge is -2.17. The minimum Gasteiger partial charge on any atom is -0.465 e. The summed E-state index contributed by atoms with van der Waals surface area (Å²) in [6, 6.07) is 10.4. The molecule has 0 saturated heterocycles. The van der Waals surface area contributed by atoms with Crippen LogP contribution >= 0.6 is 0 Å². The van der Waals surface area contributed by atoms with Gasteiger partial charge in [0, 0.05) is 6.42 Å². The molecular weight excluding hydrogens is 416 g/mol. The predicted molar refractivity (Wildman–Crippen MR) is 148 cm³/mol. The molecule has 1 aromatic carbocycles. The molecule has 1 aromatic rings. The van der Waals surface area contributed by atoms with Crippen molar-refractivity contribution in [3.8, 4) is 0 Å². The van der Waals surface area contributed by atoms with Gasteiger partial charge in [0.2, 0.25) is 0 Å². The van der Waals surface area contributed by atoms with Gasteiger partial charge in [0.15, 0.2) is 0 Å². The monoisotopic (exact) mass is 472 g/mol. The molecule has 0 radical (unpaired) electrons. The van der Waals surface area contributed by atoms with E-state index < -0.39 is 0 Å². The third kappa shape index (κ3) is 19.0. The van der Waals surface area contributed by atoms with Gasteiger partial charge in [0.1, 0.15) is 0 Å². The van der Waals surface area contributed by atoms with E-state index in [1.807, 2.05) is 6.07 Å². The Labute approximate surface area is 212 Å². The Bertz CT molecular complexity index is 533. The number of carbonyl (C=O) groups is 1. The van der Waals surface area contributed by atoms with Gasteiger partial charge in [0.25, 0.3) is 0 Å². The van der Waals surface area contributed by atoms with Crippen LogP contribution in [0.4, 0.5) is 0 Å². The van der Waals surface area contributed by atoms with E-state index in [9.17, 15) is 4.79 Å². The molecular formula is C32H56O2. The number of hydrogen-bond donors (Lipinski definition) is 0. The second kappa shape index (κ2) is 23.4. The molecule has 0 saturated carbocycles. The lowest BCUT2D eigenvalue weighted by atomic mass is 9.94. The minimum atomic E-state index is -0.00669. The molecule has 0 N–H and O–H groups in total. The van der Waals surface area contributed by atoms with E-state index >= 15 is 0 Å². The molecule has 0 aliphatic heterocycles. The highest BCUT2D eigenvalue weighted by atomic mass is 16.5. The fraction of sp³-hybridized carbons (Fsp3) is 0.781. The smallest absolute Gasteiger partial charge is 0.305 e. The Hall–Kier alpha value is -1.31. The Morgan fingerprint density at radius 2 is 1.12 bits per heavy atom. The van der Waals surface area contributed by atoms with Crippen molar-refractivity contribution in [3.63, 3.8) is 0 Å². The molecule has 0 heterocycles. The maximum Gasteiger partial charge on any atom is 0.305 e. The first kappa shape index (κ1) is 30.7. The van der Waals surface area contributed by atoms with E-state index in [-0.39, 0.29) is 5.97 Å². The van der Waals surface area contributed by atoms with E-state index in [2.05, 4.69) is 38.1 Å². The molecule has 1 rings (SSSR count). The largest absolute Gasteiger partial charge is 0.465 e. The Morgan fingerprint density at radius 1 is 0.647 bits per heavy atom. The van der Waals surface area contributed by atoms with Crippen LogP contribution in [0.25, 0.3) is 0 Å². The van der Waals surface area contributed by atoms with Gasteiger partial charge in [-0.3, -0.25) is 4.79 Å². The molecule has 0 amide bonds. The molecule has 0 bridgehead atoms. The molecule has 0 spiro atoms. The molecule has 2 nitrogen and oxygen atoms in total. The van der Waals surface area contributed by atoms with Gasteiger partial charge < -0.3 is 4.74 Å². The summed E-state index contributed by atoms with van der Waals surface area (Å²) in [6.45, 7) is 5.20. The van der Waals surface area contributed by atoms with Crippen LogP contribution in [-0.4, -0.2) is 12.6 Å². The summed E-state index contributed by atoms with van der Waals surface area (Å²) in [7, 11) is 0. The van der Waals surface area contributed by atoms with Crippen LogP contribution in [0.2, 0.25) is 0 Å². The molecule has 0 aliphatic rings. The van der Waals surface area contributed by atoms with E-state index in [0.717, 1.165) is 12.8 Å². The second-order valence-corrected chi connectivity index (χ2v) is 10.4. The molecule has 0 aromatic heterocycles. The molecule has 196 valence electrons. The topological polar surface area (TPSA) is 26.3 Å². The summed E-state index contributed by atoms with van der Waals surface area (Å²) in [5.41, 5.74) is 1.30. The highest BCUT2D eigenvalue weighted by molar-refractivity contribution is 5.69. The van der Waals surface area contributed by atoms with Gasteiger partial charge >= 0.3 is 5.97 Å². The predicted octanol–water partition coefficient (Wildman–Crippen LogP) is 10.2. The maximum absolute atomic E-state index is 12.3. The van der Waals surface area contributed by atoms with Crippen molar-refractivity contribution >= 4 is 5.97 Å². The summed E-state index contributed by atoms with van der Waals surface area (Å²) in [5.74, 6) is 0.547. The number of rotatable bonds is 24. The number of carbonyl (C=O) groups excluding carboxylic acids is 1. The standard InChI is InChI=1S/C32H56O2/c1-3-5-7-9-11-13-15-18-25-31(26-19-16-14-12-10-8-6-4-2)29-34-32(33)28-22-27-30-23-20-17-21-24-30/h17,20-21,23-24,31H,3-16,18-19,22,25-29H2,1-2H3. The van der Waals surface area contributed by atoms with Crippen LogP contribution in [0, 0.1) is 5.92 Å². The van der Waals surface area contributed by atoms with E-state index in [4.69, 9.17) is 4.74 Å². The van der Waals surface area contributed by atoms with Crippen molar-refractivity contribution < 1.29 is 9.53 Å². The van der Waals surface area contributed by atoms with Crippen molar-refractivity contribution in [2.24, 2.45) is 5.92 Å². The highest BCUT2D eigenvalue weighted by Crippen LogP contribution is 2.20. The van der Waals surface area contributed by atoms with Crippen molar-refractivity contribution in [2.75, 3.05) is 6.61 Å². The highest BCUT2D eigenvalue weighted by Gasteiger charge is 2.12. The first-order valence-corrected chi connectivity index (χ1v) is 15.0. The molecule has 0 atom stereocenters. The number of ether oxygens (including phenoxy) is 1. The number of hydrogen-bond acceptors (Lipinski definition) is 2. The zero-order valence-corrected chi connectivity index (χ0v) is 22.8. The fourth-order valence-corrected chi connectivity index (χ4v) is 4.81. The van der Waals surface area contributed by atoms with Gasteiger partial charge in [-0.2, -0.15) is 0 Å². The van der Waals surface area contributed by atoms with Crippen LogP contribution in [0.1, 0.15) is 148 Å². The second-order valence-electron chi connectivity index (χ2n) is 10.4. The van der Waals surface area contributed by atoms with Gasteiger partial charge in [-0.15, -0.1) is 0 Å². The van der Waals surface area contributed by atoms with Crippen molar-refractivity contribution in [2.45, 2.75) is 149 Å². The SMILES string of the molecule is CCCCCCCCCCC(CCCCCCCCCC)COC(=O)CCCc1ccccc1. The number of unbranched alkanes of at least 4 members (excludes halogenated alkanes) is 14. The molecule has 0 fully saturated rings. The lowest BCUT2D eigenvalue weighted by molar-refractivity contribution is -0.145. The number of esters is 1. The average Bonchev–Trinajstić information content (AvgIpc) is 2.85. The normalized spacial score (nSPS) is 11.3. The van der Waals surface area contributed by atoms with Crippen LogP contribution < -0.4 is 0 Å². The fourth-order valence-electron chi connectivity index (χ4n) is 4.81. The summed E-state index contributed by atoms with van der Waals surface area (Å²) < 4.78 is 5.75. The van der Waals surface area contributed by atoms with Crippen LogP contribution in [0.15, 0.2) is 30.3 Å². The Morgan fingerprint density at radius 3 is 1.62 bits per heavy atom. The third-order valence-electron chi connectivity index (χ3n) is 7.10. The molecule has 0 unspecified atom stereocenters.